The van der Waals surface area contributed by atoms with Crippen LogP contribution >= 0.6 is 11.3 Å². The van der Waals surface area contributed by atoms with Gasteiger partial charge in [0.2, 0.25) is 0 Å². The van der Waals surface area contributed by atoms with Gasteiger partial charge in [-0.25, -0.2) is 9.78 Å². The van der Waals surface area contributed by atoms with Crippen LogP contribution in [0.2, 0.25) is 0 Å². The van der Waals surface area contributed by atoms with Crippen LogP contribution in [0.25, 0.3) is 0 Å². The van der Waals surface area contributed by atoms with Crippen molar-refractivity contribution < 1.29 is 9.90 Å². The van der Waals surface area contributed by atoms with Crippen molar-refractivity contribution in [3.63, 3.8) is 0 Å². The Morgan fingerprint density at radius 1 is 1.62 bits per heavy atom. The van der Waals surface area contributed by atoms with Gasteiger partial charge in [-0.05, 0) is 6.92 Å². The van der Waals surface area contributed by atoms with E-state index < -0.39 is 5.97 Å². The summed E-state index contributed by atoms with van der Waals surface area (Å²) in [7, 11) is 1.79. The van der Waals surface area contributed by atoms with Gasteiger partial charge in [-0.15, -0.1) is 11.3 Å². The highest BCUT2D eigenvalue weighted by Crippen LogP contribution is 2.24. The van der Waals surface area contributed by atoms with Gasteiger partial charge < -0.3 is 10.4 Å². The van der Waals surface area contributed by atoms with Crippen molar-refractivity contribution >= 4 is 28.3 Å². The van der Waals surface area contributed by atoms with Crippen molar-refractivity contribution in [2.45, 2.75) is 6.92 Å². The van der Waals surface area contributed by atoms with E-state index in [2.05, 4.69) is 15.4 Å². The highest BCUT2D eigenvalue weighted by molar-refractivity contribution is 7.15. The first-order valence-electron chi connectivity index (χ1n) is 4.53. The van der Waals surface area contributed by atoms with Crippen molar-refractivity contribution in [3.05, 3.63) is 22.8 Å². The Labute approximate surface area is 95.6 Å². The Bertz CT molecular complexity index is 531. The monoisotopic (exact) mass is 238 g/mol. The second kappa shape index (κ2) is 3.93. The van der Waals surface area contributed by atoms with Crippen LogP contribution in [0.4, 0.5) is 10.9 Å². The van der Waals surface area contributed by atoms with Crippen LogP contribution in [0.15, 0.2) is 12.3 Å². The first-order chi connectivity index (χ1) is 7.58. The number of aromatic nitrogens is 3. The number of hydrogen-bond donors (Lipinski definition) is 2. The molecule has 0 aliphatic carbocycles. The fourth-order valence-electron chi connectivity index (χ4n) is 1.25. The van der Waals surface area contributed by atoms with E-state index in [1.807, 2.05) is 0 Å². The summed E-state index contributed by atoms with van der Waals surface area (Å²) in [6.45, 7) is 1.73. The quantitative estimate of drug-likeness (QED) is 0.849. The van der Waals surface area contributed by atoms with E-state index in [4.69, 9.17) is 5.11 Å². The van der Waals surface area contributed by atoms with E-state index in [0.717, 1.165) is 5.82 Å². The maximum absolute atomic E-state index is 10.8. The number of aromatic carboxylic acids is 1. The third-order valence-corrected chi connectivity index (χ3v) is 2.94. The van der Waals surface area contributed by atoms with Gasteiger partial charge in [0.05, 0.1) is 6.20 Å². The molecule has 0 aliphatic rings. The summed E-state index contributed by atoms with van der Waals surface area (Å²) in [5.41, 5.74) is 0.0923. The van der Waals surface area contributed by atoms with Crippen LogP contribution in [-0.2, 0) is 7.05 Å². The van der Waals surface area contributed by atoms with Gasteiger partial charge >= 0.3 is 5.97 Å². The zero-order valence-corrected chi connectivity index (χ0v) is 9.58. The van der Waals surface area contributed by atoms with E-state index in [0.29, 0.717) is 10.0 Å². The maximum atomic E-state index is 10.8. The number of carbonyl (C=O) groups is 1. The number of hydrogen-bond acceptors (Lipinski definition) is 5. The highest BCUT2D eigenvalue weighted by Gasteiger charge is 2.14. The number of nitrogens with zero attached hydrogens (tertiary/aromatic N) is 3. The SMILES string of the molecule is Cc1sc(Nc2ccnn2C)nc1C(=O)O. The molecule has 7 heteroatoms. The summed E-state index contributed by atoms with van der Waals surface area (Å²) in [5.74, 6) is -0.238. The zero-order valence-electron chi connectivity index (χ0n) is 8.76. The Morgan fingerprint density at radius 2 is 2.38 bits per heavy atom. The molecule has 0 bridgehead atoms. The van der Waals surface area contributed by atoms with Crippen molar-refractivity contribution in [1.82, 2.24) is 14.8 Å². The molecule has 0 aliphatic heterocycles. The molecule has 0 saturated carbocycles. The summed E-state index contributed by atoms with van der Waals surface area (Å²) in [6.07, 6.45) is 1.65. The molecule has 2 rings (SSSR count). The number of anilines is 2. The number of thiazole rings is 1. The molecule has 0 aromatic carbocycles. The normalized spacial score (nSPS) is 10.4. The summed E-state index contributed by atoms with van der Waals surface area (Å²) < 4.78 is 1.65. The fraction of sp³-hybridized carbons (Fsp3) is 0.222. The molecule has 0 amide bonds. The van der Waals surface area contributed by atoms with Gasteiger partial charge in [-0.1, -0.05) is 0 Å². The van der Waals surface area contributed by atoms with E-state index >= 15 is 0 Å². The van der Waals surface area contributed by atoms with E-state index in [9.17, 15) is 4.79 Å². The van der Waals surface area contributed by atoms with Crippen LogP contribution in [0.5, 0.6) is 0 Å². The van der Waals surface area contributed by atoms with Gasteiger partial charge in [-0.3, -0.25) is 4.68 Å². The van der Waals surface area contributed by atoms with Gasteiger partial charge in [0.1, 0.15) is 5.82 Å². The molecule has 0 unspecified atom stereocenters. The summed E-state index contributed by atoms with van der Waals surface area (Å²) in [6, 6.07) is 1.79. The molecule has 2 heterocycles. The van der Waals surface area contributed by atoms with Crippen LogP contribution in [0.1, 0.15) is 15.4 Å². The largest absolute Gasteiger partial charge is 0.476 e. The average molecular weight is 238 g/mol. The molecular weight excluding hydrogens is 228 g/mol. The standard InChI is InChI=1S/C9H10N4O2S/c1-5-7(8(14)15)12-9(16-5)11-6-3-4-10-13(6)2/h3-4H,1-2H3,(H,11,12)(H,14,15). The average Bonchev–Trinajstić information content (AvgIpc) is 2.75. The number of rotatable bonds is 3. The smallest absolute Gasteiger partial charge is 0.355 e. The molecule has 0 fully saturated rings. The lowest BCUT2D eigenvalue weighted by atomic mass is 10.4. The van der Waals surface area contributed by atoms with Crippen LogP contribution < -0.4 is 5.32 Å². The fourth-order valence-corrected chi connectivity index (χ4v) is 2.07. The molecule has 0 saturated heterocycles. The molecule has 6 nitrogen and oxygen atoms in total. The van der Waals surface area contributed by atoms with Gasteiger partial charge in [-0.2, -0.15) is 5.10 Å². The predicted octanol–water partition coefficient (Wildman–Crippen LogP) is 1.63. The lowest BCUT2D eigenvalue weighted by Gasteiger charge is -2.01. The Kier molecular flexibility index (Phi) is 2.61. The van der Waals surface area contributed by atoms with Crippen molar-refractivity contribution in [1.29, 1.82) is 0 Å². The number of carboxylic acids is 1. The molecule has 2 aromatic rings. The van der Waals surface area contributed by atoms with Gasteiger partial charge in [0.25, 0.3) is 0 Å². The number of nitrogens with one attached hydrogen (secondary N) is 1. The Balaban J connectivity index is 2.26. The van der Waals surface area contributed by atoms with Gasteiger partial charge in [0, 0.05) is 18.0 Å². The predicted molar refractivity (Wildman–Crippen MR) is 60.3 cm³/mol. The molecule has 2 aromatic heterocycles. The Morgan fingerprint density at radius 3 is 2.88 bits per heavy atom. The first-order valence-corrected chi connectivity index (χ1v) is 5.35. The first kappa shape index (κ1) is 10.6. The molecular formula is C9H10N4O2S. The van der Waals surface area contributed by atoms with Crippen LogP contribution in [-0.4, -0.2) is 25.8 Å². The number of carboxylic acid groups (broad SMARTS) is 1. The van der Waals surface area contributed by atoms with Crippen LogP contribution in [0.3, 0.4) is 0 Å². The highest BCUT2D eigenvalue weighted by atomic mass is 32.1. The Hall–Kier alpha value is -1.89. The van der Waals surface area contributed by atoms with Crippen molar-refractivity contribution in [2.24, 2.45) is 7.05 Å². The van der Waals surface area contributed by atoms with E-state index in [1.54, 1.807) is 30.9 Å². The van der Waals surface area contributed by atoms with Crippen LogP contribution in [0, 0.1) is 6.92 Å². The second-order valence-corrected chi connectivity index (χ2v) is 4.40. The third kappa shape index (κ3) is 1.89. The molecule has 16 heavy (non-hydrogen) atoms. The minimum Gasteiger partial charge on any atom is -0.476 e. The van der Waals surface area contributed by atoms with Crippen molar-refractivity contribution in [3.8, 4) is 0 Å². The molecule has 2 N–H and O–H groups in total. The van der Waals surface area contributed by atoms with Gasteiger partial charge in [0.15, 0.2) is 10.8 Å². The molecule has 0 radical (unpaired) electrons. The topological polar surface area (TPSA) is 80.0 Å². The lowest BCUT2D eigenvalue weighted by molar-refractivity contribution is 0.0690. The number of aryl methyl sites for hydroxylation is 2. The summed E-state index contributed by atoms with van der Waals surface area (Å²) >= 11 is 1.31. The third-order valence-electron chi connectivity index (χ3n) is 2.06. The minimum absolute atomic E-state index is 0.0923. The molecule has 0 spiro atoms. The lowest BCUT2D eigenvalue weighted by Crippen LogP contribution is -2.01. The van der Waals surface area contributed by atoms with E-state index in [1.165, 1.54) is 11.3 Å². The molecule has 0 atom stereocenters. The maximum Gasteiger partial charge on any atom is 0.355 e. The summed E-state index contributed by atoms with van der Waals surface area (Å²) in [5, 5.41) is 16.4. The second-order valence-electron chi connectivity index (χ2n) is 3.19. The van der Waals surface area contributed by atoms with E-state index in [-0.39, 0.29) is 5.69 Å². The van der Waals surface area contributed by atoms with Crippen molar-refractivity contribution in [2.75, 3.05) is 5.32 Å². The minimum atomic E-state index is -1.01. The molecule has 84 valence electrons. The zero-order chi connectivity index (χ0) is 11.7. The summed E-state index contributed by atoms with van der Waals surface area (Å²) in [4.78, 5) is 15.5.